The second-order valence-corrected chi connectivity index (χ2v) is 5.13. The van der Waals surface area contributed by atoms with Crippen LogP contribution in [0.25, 0.3) is 0 Å². The predicted octanol–water partition coefficient (Wildman–Crippen LogP) is 2.54. The summed E-state index contributed by atoms with van der Waals surface area (Å²) in [5.74, 6) is 1.42. The van der Waals surface area contributed by atoms with E-state index in [1.54, 1.807) is 14.2 Å². The van der Waals surface area contributed by atoms with E-state index in [0.717, 1.165) is 34.0 Å². The Labute approximate surface area is 108 Å². The Bertz CT molecular complexity index is 425. The molecule has 0 saturated heterocycles. The molecule has 1 saturated carbocycles. The summed E-state index contributed by atoms with van der Waals surface area (Å²) in [6.45, 7) is 0. The lowest BCUT2D eigenvalue weighted by atomic mass is 9.97. The first-order valence-electron chi connectivity index (χ1n) is 5.05. The number of carbonyl (C=O) groups excluding carboxylic acids is 1. The third-order valence-corrected chi connectivity index (χ3v) is 3.82. The number of hydrogen-bond acceptors (Lipinski definition) is 3. The Kier molecular flexibility index (Phi) is 3.10. The van der Waals surface area contributed by atoms with Crippen LogP contribution in [0.1, 0.15) is 18.4 Å². The molecular formula is C12H13IO3. The van der Waals surface area contributed by atoms with Crippen molar-refractivity contribution in [3.8, 4) is 11.5 Å². The molecule has 0 spiro atoms. The van der Waals surface area contributed by atoms with Crippen LogP contribution in [-0.2, 0) is 10.2 Å². The number of methoxy groups -OCH3 is 2. The second kappa shape index (κ2) is 4.24. The molecule has 86 valence electrons. The molecule has 0 heterocycles. The highest BCUT2D eigenvalue weighted by Gasteiger charge is 2.44. The van der Waals surface area contributed by atoms with E-state index in [9.17, 15) is 4.79 Å². The highest BCUT2D eigenvalue weighted by molar-refractivity contribution is 14.1. The predicted molar refractivity (Wildman–Crippen MR) is 69.2 cm³/mol. The molecule has 3 nitrogen and oxygen atoms in total. The molecule has 0 aliphatic heterocycles. The first-order valence-corrected chi connectivity index (χ1v) is 6.13. The SMILES string of the molecule is COc1cc(C2(C=O)CC2)cc(I)c1OC. The highest BCUT2D eigenvalue weighted by atomic mass is 127. The fraction of sp³-hybridized carbons (Fsp3) is 0.417. The monoisotopic (exact) mass is 332 g/mol. The summed E-state index contributed by atoms with van der Waals surface area (Å²) in [5, 5.41) is 0. The van der Waals surface area contributed by atoms with Gasteiger partial charge in [0.05, 0.1) is 23.2 Å². The van der Waals surface area contributed by atoms with Crippen LogP contribution >= 0.6 is 22.6 Å². The molecule has 1 aromatic rings. The van der Waals surface area contributed by atoms with Gasteiger partial charge in [-0.3, -0.25) is 0 Å². The standard InChI is InChI=1S/C12H13IO3/c1-15-10-6-8(12(7-14)3-4-12)5-9(13)11(10)16-2/h5-7H,3-4H2,1-2H3. The van der Waals surface area contributed by atoms with Gasteiger partial charge in [0.25, 0.3) is 0 Å². The van der Waals surface area contributed by atoms with Gasteiger partial charge in [0.1, 0.15) is 6.29 Å². The fourth-order valence-electron chi connectivity index (χ4n) is 1.81. The van der Waals surface area contributed by atoms with E-state index in [1.807, 2.05) is 12.1 Å². The van der Waals surface area contributed by atoms with Crippen molar-refractivity contribution in [1.29, 1.82) is 0 Å². The summed E-state index contributed by atoms with van der Waals surface area (Å²) in [6, 6.07) is 3.91. The van der Waals surface area contributed by atoms with Gasteiger partial charge in [-0.25, -0.2) is 0 Å². The van der Waals surface area contributed by atoms with Crippen molar-refractivity contribution >= 4 is 28.9 Å². The lowest BCUT2D eigenvalue weighted by molar-refractivity contribution is -0.109. The lowest BCUT2D eigenvalue weighted by Gasteiger charge is -2.14. The number of halogens is 1. The average Bonchev–Trinajstić information content (AvgIpc) is 3.08. The van der Waals surface area contributed by atoms with Crippen LogP contribution in [0, 0.1) is 3.57 Å². The summed E-state index contributed by atoms with van der Waals surface area (Å²) in [7, 11) is 3.23. The maximum atomic E-state index is 11.1. The van der Waals surface area contributed by atoms with Crippen molar-refractivity contribution in [2.45, 2.75) is 18.3 Å². The summed E-state index contributed by atoms with van der Waals surface area (Å²) in [6.07, 6.45) is 2.91. The van der Waals surface area contributed by atoms with E-state index in [0.29, 0.717) is 5.75 Å². The zero-order valence-corrected chi connectivity index (χ0v) is 11.4. The fourth-order valence-corrected chi connectivity index (χ4v) is 2.64. The quantitative estimate of drug-likeness (QED) is 0.628. The first-order chi connectivity index (χ1) is 7.66. The van der Waals surface area contributed by atoms with Crippen LogP contribution in [0.3, 0.4) is 0 Å². The summed E-state index contributed by atoms with van der Waals surface area (Å²) < 4.78 is 11.5. The van der Waals surface area contributed by atoms with Gasteiger partial charge in [-0.2, -0.15) is 0 Å². The summed E-state index contributed by atoms with van der Waals surface area (Å²) >= 11 is 2.20. The zero-order chi connectivity index (χ0) is 11.8. The summed E-state index contributed by atoms with van der Waals surface area (Å²) in [5.41, 5.74) is 0.768. The first kappa shape index (κ1) is 11.7. The Hall–Kier alpha value is -0.780. The maximum Gasteiger partial charge on any atom is 0.174 e. The molecule has 1 aliphatic rings. The van der Waals surface area contributed by atoms with Crippen molar-refractivity contribution in [2.24, 2.45) is 0 Å². The van der Waals surface area contributed by atoms with Crippen LogP contribution < -0.4 is 9.47 Å². The molecule has 0 unspecified atom stereocenters. The molecule has 1 aromatic carbocycles. The number of aldehydes is 1. The minimum atomic E-state index is -0.264. The van der Waals surface area contributed by atoms with E-state index < -0.39 is 0 Å². The molecule has 0 amide bonds. The van der Waals surface area contributed by atoms with Crippen molar-refractivity contribution in [2.75, 3.05) is 14.2 Å². The third kappa shape index (κ3) is 1.79. The van der Waals surface area contributed by atoms with Crippen LogP contribution in [0.15, 0.2) is 12.1 Å². The van der Waals surface area contributed by atoms with Gasteiger partial charge in [0.2, 0.25) is 0 Å². The smallest absolute Gasteiger partial charge is 0.174 e. The molecule has 0 atom stereocenters. The van der Waals surface area contributed by atoms with Crippen LogP contribution in [0.5, 0.6) is 11.5 Å². The van der Waals surface area contributed by atoms with Gasteiger partial charge in [0.15, 0.2) is 11.5 Å². The molecule has 0 bridgehead atoms. The van der Waals surface area contributed by atoms with Gasteiger partial charge in [-0.15, -0.1) is 0 Å². The molecule has 1 aliphatic carbocycles. The van der Waals surface area contributed by atoms with Crippen LogP contribution in [0.4, 0.5) is 0 Å². The van der Waals surface area contributed by atoms with E-state index in [4.69, 9.17) is 9.47 Å². The molecule has 1 fully saturated rings. The average molecular weight is 332 g/mol. The van der Waals surface area contributed by atoms with Gasteiger partial charge >= 0.3 is 0 Å². The zero-order valence-electron chi connectivity index (χ0n) is 9.25. The molecule has 2 rings (SSSR count). The van der Waals surface area contributed by atoms with E-state index in [1.165, 1.54) is 0 Å². The number of carbonyl (C=O) groups is 1. The van der Waals surface area contributed by atoms with Crippen molar-refractivity contribution in [1.82, 2.24) is 0 Å². The minimum absolute atomic E-state index is 0.264. The van der Waals surface area contributed by atoms with Crippen LogP contribution in [0.2, 0.25) is 0 Å². The Morgan fingerprint density at radius 3 is 2.44 bits per heavy atom. The normalized spacial score (nSPS) is 16.7. The maximum absolute atomic E-state index is 11.1. The molecule has 4 heteroatoms. The number of benzene rings is 1. The topological polar surface area (TPSA) is 35.5 Å². The molecule has 0 aromatic heterocycles. The lowest BCUT2D eigenvalue weighted by Crippen LogP contribution is -2.09. The van der Waals surface area contributed by atoms with Gasteiger partial charge < -0.3 is 14.3 Å². The molecule has 0 radical (unpaired) electrons. The Balaban J connectivity index is 2.50. The van der Waals surface area contributed by atoms with Gasteiger partial charge in [0, 0.05) is 0 Å². The molecule has 16 heavy (non-hydrogen) atoms. The summed E-state index contributed by atoms with van der Waals surface area (Å²) in [4.78, 5) is 11.1. The number of ether oxygens (including phenoxy) is 2. The van der Waals surface area contributed by atoms with Crippen LogP contribution in [-0.4, -0.2) is 20.5 Å². The van der Waals surface area contributed by atoms with Gasteiger partial charge in [-0.05, 0) is 53.1 Å². The van der Waals surface area contributed by atoms with E-state index in [-0.39, 0.29) is 5.41 Å². The molecule has 0 N–H and O–H groups in total. The number of rotatable bonds is 4. The molecular weight excluding hydrogens is 319 g/mol. The number of hydrogen-bond donors (Lipinski definition) is 0. The van der Waals surface area contributed by atoms with Crippen molar-refractivity contribution in [3.05, 3.63) is 21.3 Å². The van der Waals surface area contributed by atoms with Crippen molar-refractivity contribution < 1.29 is 14.3 Å². The van der Waals surface area contributed by atoms with Gasteiger partial charge in [-0.1, -0.05) is 0 Å². The third-order valence-electron chi connectivity index (χ3n) is 3.02. The largest absolute Gasteiger partial charge is 0.493 e. The Morgan fingerprint density at radius 1 is 1.31 bits per heavy atom. The minimum Gasteiger partial charge on any atom is -0.493 e. The Morgan fingerprint density at radius 2 is 2.00 bits per heavy atom. The second-order valence-electron chi connectivity index (χ2n) is 3.97. The highest BCUT2D eigenvalue weighted by Crippen LogP contribution is 2.49. The van der Waals surface area contributed by atoms with E-state index >= 15 is 0 Å². The van der Waals surface area contributed by atoms with Crippen molar-refractivity contribution in [3.63, 3.8) is 0 Å². The van der Waals surface area contributed by atoms with E-state index in [2.05, 4.69) is 22.6 Å².